The summed E-state index contributed by atoms with van der Waals surface area (Å²) >= 11 is 0. The van der Waals surface area contributed by atoms with E-state index in [1.807, 2.05) is 24.3 Å². The highest BCUT2D eigenvalue weighted by molar-refractivity contribution is 6.03. The van der Waals surface area contributed by atoms with Gasteiger partial charge in [0.2, 0.25) is 0 Å². The van der Waals surface area contributed by atoms with E-state index in [4.69, 9.17) is 14.2 Å². The van der Waals surface area contributed by atoms with Crippen LogP contribution in [0.4, 0.5) is 5.69 Å². The fourth-order valence-electron chi connectivity index (χ4n) is 3.00. The Bertz CT molecular complexity index is 952. The Labute approximate surface area is 144 Å². The van der Waals surface area contributed by atoms with Crippen molar-refractivity contribution in [3.63, 3.8) is 0 Å². The van der Waals surface area contributed by atoms with Gasteiger partial charge in [0, 0.05) is 22.9 Å². The van der Waals surface area contributed by atoms with Crippen LogP contribution in [-0.4, -0.2) is 26.3 Å². The smallest absolute Gasteiger partial charge is 0.270 e. The van der Waals surface area contributed by atoms with E-state index in [2.05, 4.69) is 0 Å². The van der Waals surface area contributed by atoms with Gasteiger partial charge in [-0.05, 0) is 5.56 Å². The third kappa shape index (κ3) is 2.71. The molecule has 0 atom stereocenters. The van der Waals surface area contributed by atoms with Crippen molar-refractivity contribution in [1.29, 1.82) is 0 Å². The number of nitro benzene ring substituents is 1. The molecule has 6 nitrogen and oxygen atoms in total. The van der Waals surface area contributed by atoms with E-state index in [0.717, 1.165) is 10.8 Å². The summed E-state index contributed by atoms with van der Waals surface area (Å²) in [6, 6.07) is 14.0. The Morgan fingerprint density at radius 1 is 0.800 bits per heavy atom. The highest BCUT2D eigenvalue weighted by Gasteiger charge is 2.23. The van der Waals surface area contributed by atoms with Gasteiger partial charge >= 0.3 is 0 Å². The minimum absolute atomic E-state index is 0.00580. The standard InChI is InChI=1S/C19H17NO5/c1-23-17-14-9-4-5-10-15(14)18(24-2)19(25-3)16(17)12-7-6-8-13(11-12)20(21)22/h4-11H,1-3H3. The van der Waals surface area contributed by atoms with Crippen LogP contribution in [0, 0.1) is 10.1 Å². The number of nitrogens with zero attached hydrogens (tertiary/aromatic N) is 1. The molecule has 0 radical (unpaired) electrons. The lowest BCUT2D eigenvalue weighted by atomic mass is 9.97. The number of methoxy groups -OCH3 is 3. The Morgan fingerprint density at radius 2 is 1.40 bits per heavy atom. The minimum Gasteiger partial charge on any atom is -0.495 e. The first-order valence-corrected chi connectivity index (χ1v) is 7.57. The van der Waals surface area contributed by atoms with E-state index in [9.17, 15) is 10.1 Å². The number of hydrogen-bond acceptors (Lipinski definition) is 5. The molecule has 0 saturated heterocycles. The van der Waals surface area contributed by atoms with Gasteiger partial charge in [-0.25, -0.2) is 0 Å². The average molecular weight is 339 g/mol. The molecule has 0 aliphatic heterocycles. The summed E-state index contributed by atoms with van der Waals surface area (Å²) in [7, 11) is 4.66. The number of hydrogen-bond donors (Lipinski definition) is 0. The zero-order chi connectivity index (χ0) is 18.0. The molecule has 0 aliphatic rings. The number of benzene rings is 3. The lowest BCUT2D eigenvalue weighted by Crippen LogP contribution is -1.99. The van der Waals surface area contributed by atoms with Crippen LogP contribution in [-0.2, 0) is 0 Å². The van der Waals surface area contributed by atoms with Gasteiger partial charge in [0.1, 0.15) is 5.75 Å². The highest BCUT2D eigenvalue weighted by Crippen LogP contribution is 2.50. The maximum Gasteiger partial charge on any atom is 0.270 e. The summed E-state index contributed by atoms with van der Waals surface area (Å²) in [6.07, 6.45) is 0. The summed E-state index contributed by atoms with van der Waals surface area (Å²) < 4.78 is 16.8. The first kappa shape index (κ1) is 16.6. The molecule has 0 N–H and O–H groups in total. The molecule has 0 fully saturated rings. The Balaban J connectivity index is 2.45. The van der Waals surface area contributed by atoms with Crippen LogP contribution in [0.2, 0.25) is 0 Å². The van der Waals surface area contributed by atoms with E-state index < -0.39 is 4.92 Å². The van der Waals surface area contributed by atoms with Gasteiger partial charge in [0.25, 0.3) is 5.69 Å². The van der Waals surface area contributed by atoms with E-state index >= 15 is 0 Å². The third-order valence-electron chi connectivity index (χ3n) is 4.03. The molecule has 3 aromatic carbocycles. The molecule has 0 saturated carbocycles. The SMILES string of the molecule is COc1c(-c2cccc([N+](=O)[O-])c2)c(OC)c2ccccc2c1OC. The zero-order valence-corrected chi connectivity index (χ0v) is 14.1. The molecule has 6 heteroatoms. The van der Waals surface area contributed by atoms with Gasteiger partial charge in [0.05, 0.1) is 31.8 Å². The molecular formula is C19H17NO5. The van der Waals surface area contributed by atoms with E-state index in [1.165, 1.54) is 19.2 Å². The molecule has 128 valence electrons. The summed E-state index contributed by atoms with van der Waals surface area (Å²) in [6.45, 7) is 0. The second kappa shape index (κ2) is 6.68. The fourth-order valence-corrected chi connectivity index (χ4v) is 3.00. The molecule has 0 amide bonds. The Morgan fingerprint density at radius 3 is 1.96 bits per heavy atom. The second-order valence-electron chi connectivity index (χ2n) is 5.33. The first-order valence-electron chi connectivity index (χ1n) is 7.57. The number of fused-ring (bicyclic) bond motifs is 1. The van der Waals surface area contributed by atoms with Crippen molar-refractivity contribution < 1.29 is 19.1 Å². The van der Waals surface area contributed by atoms with Gasteiger partial charge in [-0.3, -0.25) is 10.1 Å². The van der Waals surface area contributed by atoms with Gasteiger partial charge in [-0.1, -0.05) is 36.4 Å². The number of non-ortho nitro benzene ring substituents is 1. The monoisotopic (exact) mass is 339 g/mol. The largest absolute Gasteiger partial charge is 0.495 e. The van der Waals surface area contributed by atoms with Gasteiger partial charge in [0.15, 0.2) is 11.5 Å². The number of rotatable bonds is 5. The molecule has 0 unspecified atom stereocenters. The summed E-state index contributed by atoms with van der Waals surface area (Å²) in [4.78, 5) is 10.7. The number of nitro groups is 1. The summed E-state index contributed by atoms with van der Waals surface area (Å²) in [5, 5.41) is 12.8. The van der Waals surface area contributed by atoms with Crippen LogP contribution in [0.25, 0.3) is 21.9 Å². The predicted octanol–water partition coefficient (Wildman–Crippen LogP) is 4.44. The van der Waals surface area contributed by atoms with Crippen LogP contribution < -0.4 is 14.2 Å². The fraction of sp³-hybridized carbons (Fsp3) is 0.158. The predicted molar refractivity (Wildman–Crippen MR) is 95.7 cm³/mol. The first-order chi connectivity index (χ1) is 12.1. The molecule has 3 aromatic rings. The second-order valence-corrected chi connectivity index (χ2v) is 5.33. The van der Waals surface area contributed by atoms with Crippen LogP contribution >= 0.6 is 0 Å². The minimum atomic E-state index is -0.430. The zero-order valence-electron chi connectivity index (χ0n) is 14.1. The molecule has 3 rings (SSSR count). The maximum absolute atomic E-state index is 11.1. The lowest BCUT2D eigenvalue weighted by Gasteiger charge is -2.19. The molecule has 25 heavy (non-hydrogen) atoms. The van der Waals surface area contributed by atoms with Gasteiger partial charge < -0.3 is 14.2 Å². The van der Waals surface area contributed by atoms with Crippen LogP contribution in [0.1, 0.15) is 0 Å². The van der Waals surface area contributed by atoms with Crippen LogP contribution in [0.3, 0.4) is 0 Å². The van der Waals surface area contributed by atoms with Crippen molar-refractivity contribution in [2.45, 2.75) is 0 Å². The summed E-state index contributed by atoms with van der Waals surface area (Å²) in [5.41, 5.74) is 1.23. The van der Waals surface area contributed by atoms with E-state index in [0.29, 0.717) is 28.4 Å². The van der Waals surface area contributed by atoms with Crippen molar-refractivity contribution >= 4 is 16.5 Å². The summed E-state index contributed by atoms with van der Waals surface area (Å²) in [5.74, 6) is 1.60. The van der Waals surface area contributed by atoms with E-state index in [-0.39, 0.29) is 5.69 Å². The van der Waals surface area contributed by atoms with Crippen molar-refractivity contribution in [2.24, 2.45) is 0 Å². The molecule has 0 bridgehead atoms. The molecule has 0 aliphatic carbocycles. The van der Waals surface area contributed by atoms with Crippen molar-refractivity contribution in [3.8, 4) is 28.4 Å². The van der Waals surface area contributed by atoms with Gasteiger partial charge in [-0.15, -0.1) is 0 Å². The van der Waals surface area contributed by atoms with Crippen molar-refractivity contribution in [3.05, 3.63) is 58.6 Å². The van der Waals surface area contributed by atoms with E-state index in [1.54, 1.807) is 26.4 Å². The molecule has 0 aromatic heterocycles. The Kier molecular flexibility index (Phi) is 4.43. The maximum atomic E-state index is 11.1. The topological polar surface area (TPSA) is 70.8 Å². The van der Waals surface area contributed by atoms with Crippen molar-refractivity contribution in [2.75, 3.05) is 21.3 Å². The molecule has 0 heterocycles. The normalized spacial score (nSPS) is 10.5. The average Bonchev–Trinajstić information content (AvgIpc) is 2.65. The Hall–Kier alpha value is -3.28. The van der Waals surface area contributed by atoms with Crippen LogP contribution in [0.5, 0.6) is 17.2 Å². The molecule has 0 spiro atoms. The third-order valence-corrected chi connectivity index (χ3v) is 4.03. The lowest BCUT2D eigenvalue weighted by molar-refractivity contribution is -0.384. The van der Waals surface area contributed by atoms with Crippen LogP contribution in [0.15, 0.2) is 48.5 Å². The van der Waals surface area contributed by atoms with Gasteiger partial charge in [-0.2, -0.15) is 0 Å². The number of ether oxygens (including phenoxy) is 3. The molecular weight excluding hydrogens is 322 g/mol. The van der Waals surface area contributed by atoms with Crippen molar-refractivity contribution in [1.82, 2.24) is 0 Å². The quantitative estimate of drug-likeness (QED) is 0.507. The highest BCUT2D eigenvalue weighted by atomic mass is 16.6.